The SMILES string of the molecule is Nc1ncnc2c1c(-c1ccc(Oc3ccccc3)cc1)nn2[C@@H]1CCCN(C(=O)Cc2ccc(CSc3cccc4c3C(=O)N(C3CCC(=O)NC3=O)C4=O)cc2)C1. The van der Waals surface area contributed by atoms with Crippen molar-refractivity contribution in [3.05, 3.63) is 126 Å². The topological polar surface area (TPSA) is 183 Å². The van der Waals surface area contributed by atoms with Gasteiger partial charge in [-0.25, -0.2) is 14.6 Å². The summed E-state index contributed by atoms with van der Waals surface area (Å²) >= 11 is 1.42. The molecule has 3 aliphatic rings. The number of hydrogen-bond donors (Lipinski definition) is 2. The van der Waals surface area contributed by atoms with Crippen LogP contribution in [0.5, 0.6) is 11.5 Å². The molecule has 59 heavy (non-hydrogen) atoms. The minimum Gasteiger partial charge on any atom is -0.457 e. The van der Waals surface area contributed by atoms with Gasteiger partial charge in [-0.1, -0.05) is 48.5 Å². The second kappa shape index (κ2) is 15.8. The number of para-hydroxylation sites is 1. The number of carbonyl (C=O) groups is 5. The number of anilines is 1. The first-order chi connectivity index (χ1) is 28.7. The van der Waals surface area contributed by atoms with E-state index in [2.05, 4.69) is 15.3 Å². The number of nitrogens with one attached hydrogen (secondary N) is 1. The minimum atomic E-state index is -1.02. The van der Waals surface area contributed by atoms with Gasteiger partial charge in [-0.05, 0) is 78.9 Å². The highest BCUT2D eigenvalue weighted by Crippen LogP contribution is 2.37. The third-order valence-corrected chi connectivity index (χ3v) is 12.1. The van der Waals surface area contributed by atoms with Gasteiger partial charge >= 0.3 is 0 Å². The maximum Gasteiger partial charge on any atom is 0.263 e. The molecule has 0 bridgehead atoms. The van der Waals surface area contributed by atoms with E-state index in [1.165, 1.54) is 18.1 Å². The molecule has 0 saturated carbocycles. The Hall–Kier alpha value is -6.87. The average molecular weight is 807 g/mol. The van der Waals surface area contributed by atoms with Gasteiger partial charge in [-0.3, -0.25) is 34.2 Å². The molecule has 3 aliphatic heterocycles. The Morgan fingerprint density at radius 1 is 0.847 bits per heavy atom. The molecule has 5 heterocycles. The Morgan fingerprint density at radius 2 is 1.61 bits per heavy atom. The summed E-state index contributed by atoms with van der Waals surface area (Å²) in [6.45, 7) is 1.11. The Labute approximate surface area is 342 Å². The van der Waals surface area contributed by atoms with Crippen molar-refractivity contribution in [3.8, 4) is 22.8 Å². The van der Waals surface area contributed by atoms with E-state index < -0.39 is 29.7 Å². The van der Waals surface area contributed by atoms with Crippen LogP contribution in [0.4, 0.5) is 5.82 Å². The van der Waals surface area contributed by atoms with Gasteiger partial charge in [0.05, 0.1) is 29.0 Å². The fourth-order valence-corrected chi connectivity index (χ4v) is 8.97. The van der Waals surface area contributed by atoms with Crippen LogP contribution in [0.3, 0.4) is 0 Å². The number of imide groups is 2. The first kappa shape index (κ1) is 37.7. The Morgan fingerprint density at radius 3 is 2.39 bits per heavy atom. The molecule has 0 radical (unpaired) electrons. The van der Waals surface area contributed by atoms with Crippen molar-refractivity contribution in [2.24, 2.45) is 0 Å². The molecule has 0 aliphatic carbocycles. The van der Waals surface area contributed by atoms with Crippen LogP contribution in [0.1, 0.15) is 63.6 Å². The van der Waals surface area contributed by atoms with E-state index in [0.717, 1.165) is 40.2 Å². The summed E-state index contributed by atoms with van der Waals surface area (Å²) in [5.74, 6) is 0.167. The molecule has 2 saturated heterocycles. The van der Waals surface area contributed by atoms with Gasteiger partial charge in [0, 0.05) is 35.7 Å². The predicted molar refractivity (Wildman–Crippen MR) is 219 cm³/mol. The third-order valence-electron chi connectivity index (χ3n) is 10.9. The smallest absolute Gasteiger partial charge is 0.263 e. The van der Waals surface area contributed by atoms with Crippen molar-refractivity contribution < 1.29 is 28.7 Å². The largest absolute Gasteiger partial charge is 0.457 e. The highest BCUT2D eigenvalue weighted by atomic mass is 32.2. The predicted octanol–water partition coefficient (Wildman–Crippen LogP) is 5.97. The first-order valence-electron chi connectivity index (χ1n) is 19.4. The molecule has 2 aromatic heterocycles. The van der Waals surface area contributed by atoms with Crippen LogP contribution in [0.15, 0.2) is 108 Å². The molecule has 15 heteroatoms. The molecule has 9 rings (SSSR count). The molecule has 14 nitrogen and oxygen atoms in total. The van der Waals surface area contributed by atoms with E-state index in [-0.39, 0.29) is 42.3 Å². The summed E-state index contributed by atoms with van der Waals surface area (Å²) in [5.41, 5.74) is 10.9. The lowest BCUT2D eigenvalue weighted by Gasteiger charge is -2.33. The summed E-state index contributed by atoms with van der Waals surface area (Å²) in [6, 6.07) is 29.0. The lowest BCUT2D eigenvalue weighted by molar-refractivity contribution is -0.136. The van der Waals surface area contributed by atoms with Crippen molar-refractivity contribution in [1.82, 2.24) is 34.9 Å². The zero-order chi connectivity index (χ0) is 40.6. The number of nitrogens with zero attached hydrogens (tertiary/aromatic N) is 6. The first-order valence-corrected chi connectivity index (χ1v) is 20.4. The van der Waals surface area contributed by atoms with E-state index in [0.29, 0.717) is 52.0 Å². The second-order valence-electron chi connectivity index (χ2n) is 14.7. The summed E-state index contributed by atoms with van der Waals surface area (Å²) in [6.07, 6.45) is 3.45. The summed E-state index contributed by atoms with van der Waals surface area (Å²) in [5, 5.41) is 7.93. The monoisotopic (exact) mass is 806 g/mol. The molecule has 5 amide bonds. The average Bonchev–Trinajstić information content (AvgIpc) is 3.77. The number of piperidine rings is 2. The van der Waals surface area contributed by atoms with Crippen LogP contribution in [-0.4, -0.2) is 78.2 Å². The van der Waals surface area contributed by atoms with E-state index in [4.69, 9.17) is 15.6 Å². The van der Waals surface area contributed by atoms with Crippen molar-refractivity contribution in [2.45, 2.75) is 54.8 Å². The van der Waals surface area contributed by atoms with Gasteiger partial charge in [-0.15, -0.1) is 11.8 Å². The summed E-state index contributed by atoms with van der Waals surface area (Å²) in [4.78, 5) is 77.0. The second-order valence-corrected chi connectivity index (χ2v) is 15.8. The summed E-state index contributed by atoms with van der Waals surface area (Å²) < 4.78 is 7.87. The van der Waals surface area contributed by atoms with Crippen molar-refractivity contribution in [1.29, 1.82) is 0 Å². The number of amides is 5. The van der Waals surface area contributed by atoms with Crippen LogP contribution in [0.2, 0.25) is 0 Å². The summed E-state index contributed by atoms with van der Waals surface area (Å²) in [7, 11) is 0. The number of ether oxygens (including phenoxy) is 1. The van der Waals surface area contributed by atoms with Gasteiger partial charge in [-0.2, -0.15) is 5.10 Å². The van der Waals surface area contributed by atoms with Crippen LogP contribution in [0, 0.1) is 0 Å². The number of nitrogen functional groups attached to an aromatic ring is 1. The lowest BCUT2D eigenvalue weighted by Crippen LogP contribution is -2.54. The zero-order valence-corrected chi connectivity index (χ0v) is 32.6. The molecular formula is C44H38N8O6S. The Bertz CT molecular complexity index is 2630. The number of carbonyl (C=O) groups excluding carboxylic acids is 5. The molecular weight excluding hydrogens is 769 g/mol. The number of aromatic nitrogens is 4. The zero-order valence-electron chi connectivity index (χ0n) is 31.7. The van der Waals surface area contributed by atoms with E-state index in [9.17, 15) is 24.0 Å². The number of hydrogen-bond acceptors (Lipinski definition) is 11. The van der Waals surface area contributed by atoms with Gasteiger partial charge in [0.1, 0.15) is 35.4 Å². The fraction of sp³-hybridized carbons (Fsp3) is 0.227. The molecule has 3 N–H and O–H groups in total. The molecule has 2 atom stereocenters. The molecule has 4 aromatic carbocycles. The minimum absolute atomic E-state index is 0.0141. The Balaban J connectivity index is 0.848. The van der Waals surface area contributed by atoms with Gasteiger partial charge in [0.15, 0.2) is 5.65 Å². The fourth-order valence-electron chi connectivity index (χ4n) is 7.94. The maximum atomic E-state index is 13.7. The van der Waals surface area contributed by atoms with Crippen LogP contribution in [-0.2, 0) is 26.6 Å². The van der Waals surface area contributed by atoms with Crippen LogP contribution < -0.4 is 15.8 Å². The third kappa shape index (κ3) is 7.40. The van der Waals surface area contributed by atoms with Crippen LogP contribution in [0.25, 0.3) is 22.3 Å². The number of benzene rings is 4. The number of rotatable bonds is 10. The van der Waals surface area contributed by atoms with E-state index in [1.54, 1.807) is 18.2 Å². The van der Waals surface area contributed by atoms with Crippen molar-refractivity contribution in [2.75, 3.05) is 18.8 Å². The highest BCUT2D eigenvalue weighted by Gasteiger charge is 2.45. The number of nitrogens with two attached hydrogens (primary N) is 1. The molecule has 6 aromatic rings. The van der Waals surface area contributed by atoms with E-state index >= 15 is 0 Å². The molecule has 296 valence electrons. The molecule has 2 fully saturated rings. The number of likely N-dealkylation sites (tertiary alicyclic amines) is 1. The van der Waals surface area contributed by atoms with E-state index in [1.807, 2.05) is 88.4 Å². The van der Waals surface area contributed by atoms with Gasteiger partial charge in [0.2, 0.25) is 17.7 Å². The highest BCUT2D eigenvalue weighted by molar-refractivity contribution is 7.98. The quantitative estimate of drug-likeness (QED) is 0.123. The van der Waals surface area contributed by atoms with Crippen molar-refractivity contribution >= 4 is 58.1 Å². The number of fused-ring (bicyclic) bond motifs is 2. The Kier molecular flexibility index (Phi) is 10.1. The molecule has 0 spiro atoms. The lowest BCUT2D eigenvalue weighted by atomic mass is 10.0. The maximum absolute atomic E-state index is 13.7. The molecule has 1 unspecified atom stereocenters. The standard InChI is InChI=1S/C44H38N8O6S/c45-40-38-39(28-15-17-31(18-16-28)58-30-7-2-1-3-8-30)49-52(41(38)47-25-46-40)29-6-5-21-50(23-29)36(54)22-26-11-13-27(14-12-26)24-59-34-10-4-9-32-37(34)44(57)51(43(32)56)33-19-20-35(53)48-42(33)55/h1-4,7-18,25,29,33H,5-6,19-24H2,(H2,45,46,47)(H,48,53,55)/t29-,33?/m1/s1. The number of thioether (sulfide) groups is 1. The van der Waals surface area contributed by atoms with Gasteiger partial charge in [0.25, 0.3) is 11.8 Å². The van der Waals surface area contributed by atoms with Gasteiger partial charge < -0.3 is 15.4 Å². The van der Waals surface area contributed by atoms with Crippen LogP contribution >= 0.6 is 11.8 Å². The van der Waals surface area contributed by atoms with Crippen molar-refractivity contribution in [3.63, 3.8) is 0 Å². The normalized spacial score (nSPS) is 18.0.